The summed E-state index contributed by atoms with van der Waals surface area (Å²) in [6.45, 7) is 6.32. The van der Waals surface area contributed by atoms with Crippen molar-refractivity contribution in [1.29, 1.82) is 0 Å². The molecule has 1 N–H and O–H groups in total. The van der Waals surface area contributed by atoms with Crippen LogP contribution in [0.3, 0.4) is 0 Å². The van der Waals surface area contributed by atoms with Crippen molar-refractivity contribution >= 4 is 17.2 Å². The highest BCUT2D eigenvalue weighted by molar-refractivity contribution is 7.09. The van der Waals surface area contributed by atoms with E-state index in [1.807, 2.05) is 26.2 Å². The predicted octanol–water partition coefficient (Wildman–Crippen LogP) is 1.57. The minimum atomic E-state index is -0.279. The van der Waals surface area contributed by atoms with Crippen molar-refractivity contribution in [2.24, 2.45) is 0 Å². The summed E-state index contributed by atoms with van der Waals surface area (Å²) in [4.78, 5) is 15.4. The molecule has 0 aliphatic carbocycles. The Kier molecular flexibility index (Phi) is 4.23. The predicted molar refractivity (Wildman–Crippen MR) is 59.7 cm³/mol. The van der Waals surface area contributed by atoms with Crippen LogP contribution >= 0.6 is 11.3 Å². The molecule has 0 bridgehead atoms. The first-order chi connectivity index (χ1) is 6.97. The fourth-order valence-electron chi connectivity index (χ4n) is 0.848. The summed E-state index contributed by atoms with van der Waals surface area (Å²) < 4.78 is 5.33. The van der Waals surface area contributed by atoms with Crippen LogP contribution in [0, 0.1) is 0 Å². The van der Waals surface area contributed by atoms with Gasteiger partial charge in [0, 0.05) is 11.6 Å². The van der Waals surface area contributed by atoms with Gasteiger partial charge in [0.2, 0.25) is 5.91 Å². The van der Waals surface area contributed by atoms with Crippen molar-refractivity contribution < 1.29 is 9.53 Å². The number of hydrogen-bond donors (Lipinski definition) is 1. The van der Waals surface area contributed by atoms with E-state index in [1.54, 1.807) is 6.20 Å². The Balaban J connectivity index is 2.20. The molecule has 0 spiro atoms. The molecule has 1 heterocycles. The normalized spacial score (nSPS) is 11.4. The molecule has 0 aliphatic heterocycles. The Labute approximate surface area is 93.7 Å². The second-order valence-corrected chi connectivity index (χ2v) is 5.08. The van der Waals surface area contributed by atoms with E-state index < -0.39 is 0 Å². The average molecular weight is 228 g/mol. The van der Waals surface area contributed by atoms with E-state index in [0.717, 1.165) is 5.01 Å². The van der Waals surface area contributed by atoms with Gasteiger partial charge in [-0.25, -0.2) is 4.98 Å². The smallest absolute Gasteiger partial charge is 0.246 e. The monoisotopic (exact) mass is 228 g/mol. The summed E-state index contributed by atoms with van der Waals surface area (Å²) in [6.07, 6.45) is 1.72. The number of nitrogens with zero attached hydrogens (tertiary/aromatic N) is 1. The summed E-state index contributed by atoms with van der Waals surface area (Å²) in [7, 11) is 0. The van der Waals surface area contributed by atoms with Gasteiger partial charge in [0.1, 0.15) is 11.6 Å². The lowest BCUT2D eigenvalue weighted by atomic mass is 10.2. The lowest BCUT2D eigenvalue weighted by molar-refractivity contribution is -0.130. The summed E-state index contributed by atoms with van der Waals surface area (Å²) in [5, 5.41) is 5.53. The Bertz CT molecular complexity index is 304. The van der Waals surface area contributed by atoms with Crippen LogP contribution < -0.4 is 5.32 Å². The van der Waals surface area contributed by atoms with Gasteiger partial charge in [0.15, 0.2) is 0 Å². The molecule has 0 aliphatic rings. The van der Waals surface area contributed by atoms with E-state index in [9.17, 15) is 4.79 Å². The summed E-state index contributed by atoms with van der Waals surface area (Å²) in [5.74, 6) is -0.111. The third-order valence-electron chi connectivity index (χ3n) is 1.56. The Morgan fingerprint density at radius 3 is 2.87 bits per heavy atom. The molecule has 1 rings (SSSR count). The molecule has 0 atom stereocenters. The quantitative estimate of drug-likeness (QED) is 0.851. The van der Waals surface area contributed by atoms with Crippen LogP contribution in [0.1, 0.15) is 25.8 Å². The Morgan fingerprint density at radius 2 is 2.33 bits per heavy atom. The van der Waals surface area contributed by atoms with Crippen LogP contribution in [0.2, 0.25) is 0 Å². The molecule has 1 aromatic heterocycles. The fourth-order valence-corrected chi connectivity index (χ4v) is 1.40. The van der Waals surface area contributed by atoms with Crippen LogP contribution in [0.4, 0.5) is 0 Å². The molecule has 5 heteroatoms. The highest BCUT2D eigenvalue weighted by Gasteiger charge is 2.12. The first-order valence-electron chi connectivity index (χ1n) is 4.76. The first-order valence-corrected chi connectivity index (χ1v) is 5.64. The minimum Gasteiger partial charge on any atom is -0.366 e. The second kappa shape index (κ2) is 5.23. The summed E-state index contributed by atoms with van der Waals surface area (Å²) in [5.41, 5.74) is -0.279. The summed E-state index contributed by atoms with van der Waals surface area (Å²) in [6, 6.07) is 0. The van der Waals surface area contributed by atoms with Crippen LogP contribution in [-0.4, -0.2) is 23.1 Å². The number of aromatic nitrogens is 1. The maximum atomic E-state index is 11.3. The van der Waals surface area contributed by atoms with Gasteiger partial charge < -0.3 is 10.1 Å². The molecule has 84 valence electrons. The Hall–Kier alpha value is -0.940. The topological polar surface area (TPSA) is 51.2 Å². The van der Waals surface area contributed by atoms with Crippen LogP contribution in [0.25, 0.3) is 0 Å². The molecule has 0 saturated carbocycles. The molecular weight excluding hydrogens is 212 g/mol. The maximum absolute atomic E-state index is 11.3. The lowest BCUT2D eigenvalue weighted by Gasteiger charge is -2.18. The van der Waals surface area contributed by atoms with Crippen molar-refractivity contribution in [3.05, 3.63) is 16.6 Å². The maximum Gasteiger partial charge on any atom is 0.246 e. The van der Waals surface area contributed by atoms with E-state index in [0.29, 0.717) is 6.54 Å². The number of carbonyl (C=O) groups is 1. The van der Waals surface area contributed by atoms with Gasteiger partial charge in [0.05, 0.1) is 12.1 Å². The van der Waals surface area contributed by atoms with Gasteiger partial charge in [0.25, 0.3) is 0 Å². The Morgan fingerprint density at radius 1 is 1.60 bits per heavy atom. The molecule has 0 unspecified atom stereocenters. The van der Waals surface area contributed by atoms with Gasteiger partial charge >= 0.3 is 0 Å². The average Bonchev–Trinajstić information content (AvgIpc) is 2.62. The number of carbonyl (C=O) groups excluding carboxylic acids is 1. The standard InChI is InChI=1S/C10H16N2O2S/c1-10(2,3)14-7-8(13)12-6-9-11-4-5-15-9/h4-5H,6-7H2,1-3H3,(H,12,13). The summed E-state index contributed by atoms with van der Waals surface area (Å²) >= 11 is 1.52. The second-order valence-electron chi connectivity index (χ2n) is 4.10. The zero-order valence-corrected chi connectivity index (χ0v) is 10.1. The molecule has 15 heavy (non-hydrogen) atoms. The van der Waals surface area contributed by atoms with E-state index in [-0.39, 0.29) is 18.1 Å². The van der Waals surface area contributed by atoms with Gasteiger partial charge in [-0.15, -0.1) is 11.3 Å². The molecule has 1 aromatic rings. The number of rotatable bonds is 4. The van der Waals surface area contributed by atoms with E-state index >= 15 is 0 Å². The number of ether oxygens (including phenoxy) is 1. The van der Waals surface area contributed by atoms with Crippen molar-refractivity contribution in [2.75, 3.05) is 6.61 Å². The van der Waals surface area contributed by atoms with Crippen LogP contribution in [-0.2, 0) is 16.1 Å². The molecule has 0 aromatic carbocycles. The number of amides is 1. The van der Waals surface area contributed by atoms with Crippen molar-refractivity contribution in [2.45, 2.75) is 32.9 Å². The van der Waals surface area contributed by atoms with Crippen molar-refractivity contribution in [3.63, 3.8) is 0 Å². The van der Waals surface area contributed by atoms with E-state index in [2.05, 4.69) is 10.3 Å². The minimum absolute atomic E-state index is 0.0921. The van der Waals surface area contributed by atoms with E-state index in [4.69, 9.17) is 4.74 Å². The van der Waals surface area contributed by atoms with Gasteiger partial charge in [-0.3, -0.25) is 4.79 Å². The van der Waals surface area contributed by atoms with Gasteiger partial charge in [-0.1, -0.05) is 0 Å². The third kappa shape index (κ3) is 5.49. The fraction of sp³-hybridized carbons (Fsp3) is 0.600. The van der Waals surface area contributed by atoms with Crippen LogP contribution in [0.5, 0.6) is 0 Å². The molecule has 4 nitrogen and oxygen atoms in total. The number of thiazole rings is 1. The molecule has 0 saturated heterocycles. The van der Waals surface area contributed by atoms with E-state index in [1.165, 1.54) is 11.3 Å². The molecule has 0 radical (unpaired) electrons. The van der Waals surface area contributed by atoms with Crippen molar-refractivity contribution in [1.82, 2.24) is 10.3 Å². The molecule has 1 amide bonds. The zero-order valence-electron chi connectivity index (χ0n) is 9.24. The van der Waals surface area contributed by atoms with Gasteiger partial charge in [-0.2, -0.15) is 0 Å². The zero-order chi connectivity index (χ0) is 11.3. The largest absolute Gasteiger partial charge is 0.366 e. The highest BCUT2D eigenvalue weighted by Crippen LogP contribution is 2.06. The first kappa shape index (κ1) is 12.1. The highest BCUT2D eigenvalue weighted by atomic mass is 32.1. The third-order valence-corrected chi connectivity index (χ3v) is 2.34. The molecule has 0 fully saturated rings. The SMILES string of the molecule is CC(C)(C)OCC(=O)NCc1nccs1. The number of hydrogen-bond acceptors (Lipinski definition) is 4. The van der Waals surface area contributed by atoms with Crippen LogP contribution in [0.15, 0.2) is 11.6 Å². The lowest BCUT2D eigenvalue weighted by Crippen LogP contribution is -2.31. The molecular formula is C10H16N2O2S. The van der Waals surface area contributed by atoms with Gasteiger partial charge in [-0.05, 0) is 20.8 Å². The van der Waals surface area contributed by atoms with Crippen molar-refractivity contribution in [3.8, 4) is 0 Å². The number of nitrogens with one attached hydrogen (secondary N) is 1.